The minimum Gasteiger partial charge on any atom is -0.303 e. The molecule has 2 aromatic rings. The molecule has 0 aliphatic carbocycles. The fourth-order valence-corrected chi connectivity index (χ4v) is 1.96. The van der Waals surface area contributed by atoms with Crippen molar-refractivity contribution in [2.24, 2.45) is 0 Å². The molecule has 0 saturated heterocycles. The lowest BCUT2D eigenvalue weighted by molar-refractivity contribution is -0.676. The molecule has 1 heterocycles. The molecule has 0 atom stereocenters. The first kappa shape index (κ1) is 11.1. The van der Waals surface area contributed by atoms with Gasteiger partial charge < -0.3 is 4.90 Å². The number of rotatable bonds is 3. The molecule has 84 valence electrons. The van der Waals surface area contributed by atoms with Gasteiger partial charge in [-0.15, -0.1) is 0 Å². The summed E-state index contributed by atoms with van der Waals surface area (Å²) in [5.41, 5.74) is 2.64. The normalized spacial score (nSPS) is 11.2. The molecule has 0 N–H and O–H groups in total. The summed E-state index contributed by atoms with van der Waals surface area (Å²) in [7, 11) is 4.22. The number of nitrogens with zero attached hydrogens (tertiary/aromatic N) is 2. The Hall–Kier alpha value is -1.41. The summed E-state index contributed by atoms with van der Waals surface area (Å²) in [6, 6.07) is 12.9. The third kappa shape index (κ3) is 2.22. The lowest BCUT2D eigenvalue weighted by Gasteiger charge is -2.09. The van der Waals surface area contributed by atoms with Crippen LogP contribution in [-0.4, -0.2) is 25.5 Å². The van der Waals surface area contributed by atoms with E-state index in [1.165, 1.54) is 16.6 Å². The quantitative estimate of drug-likeness (QED) is 0.710. The molecule has 0 unspecified atom stereocenters. The zero-order valence-corrected chi connectivity index (χ0v) is 10.3. The van der Waals surface area contributed by atoms with E-state index in [1.54, 1.807) is 0 Å². The Morgan fingerprint density at radius 2 is 1.81 bits per heavy atom. The maximum atomic E-state index is 2.38. The van der Waals surface area contributed by atoms with Gasteiger partial charge in [-0.2, -0.15) is 4.57 Å². The van der Waals surface area contributed by atoms with E-state index in [2.05, 4.69) is 66.9 Å². The number of aromatic nitrogens is 1. The molecular formula is C14H19N2+. The number of pyridine rings is 1. The molecule has 0 amide bonds. The van der Waals surface area contributed by atoms with Crippen LogP contribution in [-0.2, 0) is 6.54 Å². The van der Waals surface area contributed by atoms with E-state index in [0.717, 1.165) is 13.1 Å². The van der Waals surface area contributed by atoms with Gasteiger partial charge in [0, 0.05) is 24.4 Å². The third-order valence-electron chi connectivity index (χ3n) is 2.93. The van der Waals surface area contributed by atoms with Gasteiger partial charge in [-0.3, -0.25) is 0 Å². The summed E-state index contributed by atoms with van der Waals surface area (Å²) in [5, 5.41) is 1.31. The van der Waals surface area contributed by atoms with Crippen molar-refractivity contribution in [1.29, 1.82) is 0 Å². The van der Waals surface area contributed by atoms with Gasteiger partial charge in [-0.25, -0.2) is 0 Å². The molecule has 0 aliphatic heterocycles. The average molecular weight is 215 g/mol. The molecule has 0 bridgehead atoms. The van der Waals surface area contributed by atoms with E-state index in [1.807, 2.05) is 0 Å². The van der Waals surface area contributed by atoms with Crippen molar-refractivity contribution in [3.63, 3.8) is 0 Å². The van der Waals surface area contributed by atoms with Gasteiger partial charge in [0.05, 0.1) is 6.54 Å². The van der Waals surface area contributed by atoms with Crippen molar-refractivity contribution >= 4 is 10.9 Å². The topological polar surface area (TPSA) is 7.12 Å². The van der Waals surface area contributed by atoms with Crippen LogP contribution < -0.4 is 4.57 Å². The summed E-state index contributed by atoms with van der Waals surface area (Å²) in [6.45, 7) is 4.28. The van der Waals surface area contributed by atoms with Crippen LogP contribution in [0.3, 0.4) is 0 Å². The van der Waals surface area contributed by atoms with Gasteiger partial charge in [-0.05, 0) is 26.2 Å². The maximum absolute atomic E-state index is 2.38. The molecule has 1 aromatic heterocycles. The van der Waals surface area contributed by atoms with Crippen molar-refractivity contribution in [3.8, 4) is 0 Å². The van der Waals surface area contributed by atoms with Crippen LogP contribution in [0.4, 0.5) is 0 Å². The average Bonchev–Trinajstić information content (AvgIpc) is 2.27. The van der Waals surface area contributed by atoms with Crippen molar-refractivity contribution < 1.29 is 4.57 Å². The zero-order valence-electron chi connectivity index (χ0n) is 10.3. The maximum Gasteiger partial charge on any atom is 0.212 e. The van der Waals surface area contributed by atoms with Crippen LogP contribution in [0.1, 0.15) is 5.69 Å². The molecule has 2 nitrogen and oxygen atoms in total. The molecule has 0 fully saturated rings. The molecular weight excluding hydrogens is 196 g/mol. The summed E-state index contributed by atoms with van der Waals surface area (Å²) in [6.07, 6.45) is 0. The molecule has 0 spiro atoms. The van der Waals surface area contributed by atoms with Crippen LogP contribution in [0.15, 0.2) is 36.4 Å². The van der Waals surface area contributed by atoms with Crippen LogP contribution in [0, 0.1) is 6.92 Å². The highest BCUT2D eigenvalue weighted by Crippen LogP contribution is 2.09. The molecule has 16 heavy (non-hydrogen) atoms. The van der Waals surface area contributed by atoms with Gasteiger partial charge >= 0.3 is 0 Å². The Morgan fingerprint density at radius 3 is 2.56 bits per heavy atom. The highest BCUT2D eigenvalue weighted by Gasteiger charge is 2.11. The van der Waals surface area contributed by atoms with E-state index < -0.39 is 0 Å². The van der Waals surface area contributed by atoms with Gasteiger partial charge in [-0.1, -0.05) is 12.1 Å². The van der Waals surface area contributed by atoms with Crippen LogP contribution in [0.25, 0.3) is 10.9 Å². The summed E-state index contributed by atoms with van der Waals surface area (Å²) < 4.78 is 2.38. The lowest BCUT2D eigenvalue weighted by atomic mass is 10.2. The van der Waals surface area contributed by atoms with Crippen LogP contribution in [0.2, 0.25) is 0 Å². The number of hydrogen-bond acceptors (Lipinski definition) is 1. The monoisotopic (exact) mass is 215 g/mol. The van der Waals surface area contributed by atoms with E-state index in [4.69, 9.17) is 0 Å². The highest BCUT2D eigenvalue weighted by molar-refractivity contribution is 5.75. The first-order chi connectivity index (χ1) is 7.68. The Labute approximate surface area is 97.1 Å². The Kier molecular flexibility index (Phi) is 3.20. The van der Waals surface area contributed by atoms with Crippen LogP contribution in [0.5, 0.6) is 0 Å². The Balaban J connectivity index is 2.44. The minimum absolute atomic E-state index is 1.04. The van der Waals surface area contributed by atoms with Gasteiger partial charge in [0.2, 0.25) is 5.52 Å². The first-order valence-corrected chi connectivity index (χ1v) is 5.71. The number of fused-ring (bicyclic) bond motifs is 1. The number of likely N-dealkylation sites (N-methyl/N-ethyl adjacent to an activating group) is 1. The highest BCUT2D eigenvalue weighted by atomic mass is 15.1. The van der Waals surface area contributed by atoms with Crippen molar-refractivity contribution in [1.82, 2.24) is 4.90 Å². The molecule has 2 heteroatoms. The molecule has 0 saturated carbocycles. The first-order valence-electron chi connectivity index (χ1n) is 5.71. The summed E-state index contributed by atoms with van der Waals surface area (Å²) in [4.78, 5) is 2.22. The van der Waals surface area contributed by atoms with E-state index >= 15 is 0 Å². The summed E-state index contributed by atoms with van der Waals surface area (Å²) >= 11 is 0. The Bertz CT molecular complexity index is 489. The largest absolute Gasteiger partial charge is 0.303 e. The van der Waals surface area contributed by atoms with E-state index in [9.17, 15) is 0 Å². The van der Waals surface area contributed by atoms with Gasteiger partial charge in [0.15, 0.2) is 12.2 Å². The predicted octanol–water partition coefficient (Wildman–Crippen LogP) is 2.00. The Morgan fingerprint density at radius 1 is 1.06 bits per heavy atom. The molecule has 0 radical (unpaired) electrons. The fraction of sp³-hybridized carbons (Fsp3) is 0.357. The van der Waals surface area contributed by atoms with Gasteiger partial charge in [0.1, 0.15) is 0 Å². The van der Waals surface area contributed by atoms with Crippen molar-refractivity contribution in [2.75, 3.05) is 20.6 Å². The second-order valence-corrected chi connectivity index (χ2v) is 4.49. The van der Waals surface area contributed by atoms with Crippen molar-refractivity contribution in [2.45, 2.75) is 13.5 Å². The minimum atomic E-state index is 1.04. The molecule has 1 aromatic carbocycles. The van der Waals surface area contributed by atoms with E-state index in [-0.39, 0.29) is 0 Å². The molecule has 2 rings (SSSR count). The SMILES string of the molecule is Cc1ccc2ccccc2[n+]1CCN(C)C. The zero-order chi connectivity index (χ0) is 11.5. The second kappa shape index (κ2) is 4.62. The molecule has 0 aliphatic rings. The van der Waals surface area contributed by atoms with Crippen LogP contribution >= 0.6 is 0 Å². The number of benzene rings is 1. The smallest absolute Gasteiger partial charge is 0.212 e. The van der Waals surface area contributed by atoms with Crippen molar-refractivity contribution in [3.05, 3.63) is 42.1 Å². The second-order valence-electron chi connectivity index (χ2n) is 4.49. The number of aryl methyl sites for hydroxylation is 1. The van der Waals surface area contributed by atoms with E-state index in [0.29, 0.717) is 0 Å². The standard InChI is InChI=1S/C14H19N2/c1-12-8-9-13-6-4-5-7-14(13)16(12)11-10-15(2)3/h4-9H,10-11H2,1-3H3/q+1. The summed E-state index contributed by atoms with van der Waals surface area (Å²) in [5.74, 6) is 0. The number of hydrogen-bond donors (Lipinski definition) is 0. The fourth-order valence-electron chi connectivity index (χ4n) is 1.96. The predicted molar refractivity (Wildman–Crippen MR) is 67.4 cm³/mol. The van der Waals surface area contributed by atoms with Gasteiger partial charge in [0.25, 0.3) is 0 Å². The third-order valence-corrected chi connectivity index (χ3v) is 2.93. The number of para-hydroxylation sites is 1. The lowest BCUT2D eigenvalue weighted by Crippen LogP contribution is -2.42.